The fraction of sp³-hybridized carbons (Fsp3) is 0.722. The molecule has 10 nitrogen and oxygen atoms in total. The average molecular weight is 646 g/mol. The Morgan fingerprint density at radius 2 is 1.50 bits per heavy atom. The number of hydrogen-bond donors (Lipinski definition) is 1. The Hall–Kier alpha value is -2.98. The van der Waals surface area contributed by atoms with Crippen molar-refractivity contribution >= 4 is 24.7 Å². The Morgan fingerprint density at radius 3 is 2.00 bits per heavy atom. The van der Waals surface area contributed by atoms with Gasteiger partial charge in [0.15, 0.2) is 0 Å². The zero-order valence-electron chi connectivity index (χ0n) is 29.8. The molecule has 4 rings (SSSR count). The van der Waals surface area contributed by atoms with Crippen LogP contribution in [0.1, 0.15) is 85.1 Å². The second-order valence-electron chi connectivity index (χ2n) is 13.5. The number of amides is 3. The molecule has 10 heteroatoms. The summed E-state index contributed by atoms with van der Waals surface area (Å²) in [6, 6.07) is 9.52. The number of likely N-dealkylation sites (N-methyl/N-ethyl adjacent to an activating group) is 1. The number of nitrogens with zero attached hydrogens (tertiary/aromatic N) is 4. The zero-order chi connectivity index (χ0) is 34.3. The Bertz CT molecular complexity index is 962. The number of ether oxygens (including phenoxy) is 1. The number of rotatable bonds is 11. The minimum Gasteiger partial charge on any atom is -0.463 e. The van der Waals surface area contributed by atoms with E-state index >= 15 is 0 Å². The van der Waals surface area contributed by atoms with E-state index < -0.39 is 0 Å². The van der Waals surface area contributed by atoms with Crippen LogP contribution in [0, 0.1) is 11.8 Å². The fourth-order valence-corrected chi connectivity index (χ4v) is 5.69. The van der Waals surface area contributed by atoms with E-state index in [-0.39, 0.29) is 36.4 Å². The van der Waals surface area contributed by atoms with Crippen LogP contribution in [0.3, 0.4) is 0 Å². The van der Waals surface area contributed by atoms with Crippen LogP contribution in [-0.4, -0.2) is 116 Å². The first kappa shape index (κ1) is 41.0. The van der Waals surface area contributed by atoms with Gasteiger partial charge in [0.2, 0.25) is 18.2 Å². The highest BCUT2D eigenvalue weighted by Crippen LogP contribution is 2.24. The van der Waals surface area contributed by atoms with Crippen molar-refractivity contribution < 1.29 is 23.9 Å². The van der Waals surface area contributed by atoms with Gasteiger partial charge in [-0.3, -0.25) is 24.1 Å². The van der Waals surface area contributed by atoms with Crippen molar-refractivity contribution in [2.45, 2.75) is 98.3 Å². The standard InChI is InChI=1S/C18H32N4O3.C8H8O2.C6H13N.C4H10/c1-14(2)16(20(3)17(24)11-19-13-23)12-22-10-6-7-15(22)18(25)21-8-4-5-9-21;9-7-10-6-8-4-2-1-3-5-8;1-7-5-3-2-4-6-7;1-4(2)3/h13-16H,4-12H2,1-3H3,(H,19,23);1-5,7H,6H2;2-6H2,1H3;4H,1-3H3/t15-,16+;;;/m0.../s1. The number of hydrogen-bond acceptors (Lipinski definition) is 7. The minimum atomic E-state index is -0.104. The number of piperidine rings is 1. The van der Waals surface area contributed by atoms with Gasteiger partial charge in [-0.1, -0.05) is 71.4 Å². The predicted octanol–water partition coefficient (Wildman–Crippen LogP) is 4.43. The third-order valence-electron chi connectivity index (χ3n) is 8.23. The maximum atomic E-state index is 12.8. The molecular formula is C36H63N5O5. The number of carbonyl (C=O) groups is 4. The molecule has 1 N–H and O–H groups in total. The molecule has 0 saturated carbocycles. The first-order chi connectivity index (χ1) is 22.0. The summed E-state index contributed by atoms with van der Waals surface area (Å²) < 4.78 is 4.54. The third kappa shape index (κ3) is 17.1. The summed E-state index contributed by atoms with van der Waals surface area (Å²) in [6.45, 7) is 17.5. The molecule has 262 valence electrons. The number of benzene rings is 1. The molecule has 3 saturated heterocycles. The van der Waals surface area contributed by atoms with Gasteiger partial charge in [-0.2, -0.15) is 0 Å². The SMILES string of the molecule is CC(C)C.CC(C)[C@@H](CN1CCC[C@H]1C(=O)N1CCCC1)N(C)C(=O)CNC=O.CN1CCCCC1.O=COCc1ccccc1. The van der Waals surface area contributed by atoms with Crippen LogP contribution in [0.5, 0.6) is 0 Å². The molecule has 0 aliphatic carbocycles. The van der Waals surface area contributed by atoms with Crippen LogP contribution in [-0.2, 0) is 30.5 Å². The van der Waals surface area contributed by atoms with E-state index in [9.17, 15) is 19.2 Å². The van der Waals surface area contributed by atoms with Gasteiger partial charge in [-0.25, -0.2) is 0 Å². The number of carbonyl (C=O) groups excluding carboxylic acids is 4. The molecule has 46 heavy (non-hydrogen) atoms. The number of likely N-dealkylation sites (tertiary alicyclic amines) is 3. The molecule has 3 heterocycles. The molecule has 0 spiro atoms. The molecule has 0 unspecified atom stereocenters. The van der Waals surface area contributed by atoms with Crippen molar-refractivity contribution in [2.75, 3.05) is 59.9 Å². The maximum Gasteiger partial charge on any atom is 0.293 e. The lowest BCUT2D eigenvalue weighted by Crippen LogP contribution is -2.53. The molecule has 3 aliphatic rings. The van der Waals surface area contributed by atoms with Crippen molar-refractivity contribution in [3.05, 3.63) is 35.9 Å². The molecule has 3 fully saturated rings. The summed E-state index contributed by atoms with van der Waals surface area (Å²) in [5.74, 6) is 1.26. The van der Waals surface area contributed by atoms with Crippen LogP contribution in [0.25, 0.3) is 0 Å². The predicted molar refractivity (Wildman–Crippen MR) is 185 cm³/mol. The molecule has 1 aromatic carbocycles. The van der Waals surface area contributed by atoms with Crippen molar-refractivity contribution in [2.24, 2.45) is 11.8 Å². The first-order valence-corrected chi connectivity index (χ1v) is 17.2. The zero-order valence-corrected chi connectivity index (χ0v) is 29.8. The topological polar surface area (TPSA) is 103 Å². The summed E-state index contributed by atoms with van der Waals surface area (Å²) in [5.41, 5.74) is 1.01. The third-order valence-corrected chi connectivity index (χ3v) is 8.23. The molecule has 0 aromatic heterocycles. The molecule has 3 aliphatic heterocycles. The van der Waals surface area contributed by atoms with Crippen LogP contribution >= 0.6 is 0 Å². The van der Waals surface area contributed by atoms with Gasteiger partial charge < -0.3 is 24.8 Å². The van der Waals surface area contributed by atoms with Crippen molar-refractivity contribution in [1.29, 1.82) is 0 Å². The van der Waals surface area contributed by atoms with Crippen molar-refractivity contribution in [3.8, 4) is 0 Å². The molecule has 0 bridgehead atoms. The minimum absolute atomic E-state index is 0.0133. The van der Waals surface area contributed by atoms with E-state index in [1.807, 2.05) is 35.2 Å². The summed E-state index contributed by atoms with van der Waals surface area (Å²) in [5, 5.41) is 2.43. The largest absolute Gasteiger partial charge is 0.463 e. The van der Waals surface area contributed by atoms with Crippen LogP contribution in [0.2, 0.25) is 0 Å². The highest BCUT2D eigenvalue weighted by Gasteiger charge is 2.37. The normalized spacial score (nSPS) is 18.6. The van der Waals surface area contributed by atoms with Gasteiger partial charge >= 0.3 is 0 Å². The van der Waals surface area contributed by atoms with Crippen LogP contribution < -0.4 is 5.32 Å². The van der Waals surface area contributed by atoms with Crippen molar-refractivity contribution in [1.82, 2.24) is 24.9 Å². The highest BCUT2D eigenvalue weighted by atomic mass is 16.5. The van der Waals surface area contributed by atoms with E-state index in [0.717, 1.165) is 56.8 Å². The summed E-state index contributed by atoms with van der Waals surface area (Å²) in [4.78, 5) is 53.6. The van der Waals surface area contributed by atoms with Gasteiger partial charge in [-0.05, 0) is 82.6 Å². The van der Waals surface area contributed by atoms with E-state index in [0.29, 0.717) is 26.0 Å². The van der Waals surface area contributed by atoms with Gasteiger partial charge in [-0.15, -0.1) is 0 Å². The lowest BCUT2D eigenvalue weighted by atomic mass is 10.0. The molecule has 3 amide bonds. The molecule has 0 radical (unpaired) electrons. The monoisotopic (exact) mass is 645 g/mol. The van der Waals surface area contributed by atoms with Gasteiger partial charge in [0.1, 0.15) is 6.61 Å². The molecule has 1 aromatic rings. The van der Waals surface area contributed by atoms with E-state index in [1.165, 1.54) is 32.4 Å². The molecule has 2 atom stereocenters. The Labute approximate surface area is 279 Å². The summed E-state index contributed by atoms with van der Waals surface area (Å²) >= 11 is 0. The molecular weight excluding hydrogens is 582 g/mol. The fourth-order valence-electron chi connectivity index (χ4n) is 5.69. The summed E-state index contributed by atoms with van der Waals surface area (Å²) in [6.07, 6.45) is 8.96. The maximum absolute atomic E-state index is 12.8. The van der Waals surface area contributed by atoms with Crippen LogP contribution in [0.4, 0.5) is 0 Å². The quantitative estimate of drug-likeness (QED) is 0.356. The number of nitrogens with one attached hydrogen (secondary N) is 1. The summed E-state index contributed by atoms with van der Waals surface area (Å²) in [7, 11) is 3.98. The lowest BCUT2D eigenvalue weighted by Gasteiger charge is -2.37. The van der Waals surface area contributed by atoms with Crippen LogP contribution in [0.15, 0.2) is 30.3 Å². The lowest BCUT2D eigenvalue weighted by molar-refractivity contribution is -0.136. The van der Waals surface area contributed by atoms with Gasteiger partial charge in [0.05, 0.1) is 12.6 Å². The van der Waals surface area contributed by atoms with Gasteiger partial charge in [0, 0.05) is 32.7 Å². The highest BCUT2D eigenvalue weighted by molar-refractivity contribution is 5.82. The average Bonchev–Trinajstić information content (AvgIpc) is 3.75. The van der Waals surface area contributed by atoms with E-state index in [4.69, 9.17) is 0 Å². The van der Waals surface area contributed by atoms with E-state index in [1.54, 1.807) is 11.9 Å². The Kier molecular flexibility index (Phi) is 21.6. The Balaban J connectivity index is 0.000000406. The second-order valence-corrected chi connectivity index (χ2v) is 13.5. The smallest absolute Gasteiger partial charge is 0.293 e. The van der Waals surface area contributed by atoms with Gasteiger partial charge in [0.25, 0.3) is 6.47 Å². The van der Waals surface area contributed by atoms with E-state index in [2.05, 4.69) is 61.5 Å². The van der Waals surface area contributed by atoms with Crippen molar-refractivity contribution in [3.63, 3.8) is 0 Å². The first-order valence-electron chi connectivity index (χ1n) is 17.2. The Morgan fingerprint density at radius 1 is 0.913 bits per heavy atom. The second kappa shape index (κ2) is 24.2.